The van der Waals surface area contributed by atoms with E-state index in [4.69, 9.17) is 9.97 Å². The van der Waals surface area contributed by atoms with Crippen LogP contribution in [0.5, 0.6) is 0 Å². The third-order valence-electron chi connectivity index (χ3n) is 8.02. The summed E-state index contributed by atoms with van der Waals surface area (Å²) in [7, 11) is 0. The number of fused-ring (bicyclic) bond motifs is 2. The SMILES string of the molecule is Cc1cc2nc(CN3CCN(Cc4ccc5c(C)c(C)c(C)cc5n4)CC3)ccc2c(C)c1C. The summed E-state index contributed by atoms with van der Waals surface area (Å²) in [5, 5.41) is 2.56. The van der Waals surface area contributed by atoms with Crippen molar-refractivity contribution in [2.24, 2.45) is 0 Å². The number of nitrogens with zero attached hydrogens (tertiary/aromatic N) is 4. The number of pyridine rings is 2. The Morgan fingerprint density at radius 1 is 0.559 bits per heavy atom. The van der Waals surface area contributed by atoms with Gasteiger partial charge in [0.05, 0.1) is 22.4 Å². The maximum Gasteiger partial charge on any atom is 0.0711 e. The number of aryl methyl sites for hydroxylation is 4. The molecule has 2 aromatic heterocycles. The molecule has 0 spiro atoms. The van der Waals surface area contributed by atoms with Crippen LogP contribution in [0.4, 0.5) is 0 Å². The van der Waals surface area contributed by atoms with Gasteiger partial charge in [-0.05, 0) is 99.2 Å². The van der Waals surface area contributed by atoms with Crippen molar-refractivity contribution in [1.29, 1.82) is 0 Å². The second-order valence-electron chi connectivity index (χ2n) is 10.2. The molecule has 1 aliphatic rings. The van der Waals surface area contributed by atoms with Gasteiger partial charge in [0.15, 0.2) is 0 Å². The lowest BCUT2D eigenvalue weighted by molar-refractivity contribution is 0.120. The first-order valence-corrected chi connectivity index (χ1v) is 12.5. The van der Waals surface area contributed by atoms with E-state index in [1.807, 2.05) is 0 Å². The van der Waals surface area contributed by atoms with Gasteiger partial charge in [-0.2, -0.15) is 0 Å². The molecule has 1 fully saturated rings. The highest BCUT2D eigenvalue weighted by Crippen LogP contribution is 2.25. The van der Waals surface area contributed by atoms with E-state index in [-0.39, 0.29) is 0 Å². The Bertz CT molecular complexity index is 1270. The van der Waals surface area contributed by atoms with Crippen LogP contribution in [0.2, 0.25) is 0 Å². The standard InChI is InChI=1S/C30H36N4/c1-19-15-29-27(23(5)21(19)3)9-7-25(31-29)17-33-11-13-34(14-12-33)18-26-8-10-28-24(6)22(4)20(2)16-30(28)32-26/h7-10,15-16H,11-14,17-18H2,1-6H3. The largest absolute Gasteiger partial charge is 0.295 e. The summed E-state index contributed by atoms with van der Waals surface area (Å²) >= 11 is 0. The van der Waals surface area contributed by atoms with Crippen LogP contribution in [0, 0.1) is 41.5 Å². The molecule has 176 valence electrons. The Hall–Kier alpha value is -2.82. The van der Waals surface area contributed by atoms with Crippen molar-refractivity contribution < 1.29 is 0 Å². The molecule has 0 aliphatic carbocycles. The molecule has 0 atom stereocenters. The van der Waals surface area contributed by atoms with Crippen molar-refractivity contribution in [3.8, 4) is 0 Å². The predicted octanol–water partition coefficient (Wildman–Crippen LogP) is 5.95. The second-order valence-corrected chi connectivity index (χ2v) is 10.2. The number of hydrogen-bond donors (Lipinski definition) is 0. The fourth-order valence-electron chi connectivity index (χ4n) is 5.25. The Morgan fingerprint density at radius 2 is 0.941 bits per heavy atom. The predicted molar refractivity (Wildman–Crippen MR) is 142 cm³/mol. The minimum atomic E-state index is 0.919. The van der Waals surface area contributed by atoms with E-state index in [1.54, 1.807) is 0 Å². The summed E-state index contributed by atoms with van der Waals surface area (Å²) in [6.45, 7) is 19.3. The molecule has 1 aliphatic heterocycles. The van der Waals surface area contributed by atoms with Gasteiger partial charge in [0.25, 0.3) is 0 Å². The average molecular weight is 453 g/mol. The average Bonchev–Trinajstić information content (AvgIpc) is 2.82. The molecule has 0 radical (unpaired) electrons. The summed E-state index contributed by atoms with van der Waals surface area (Å²) < 4.78 is 0. The molecule has 5 rings (SSSR count). The number of hydrogen-bond acceptors (Lipinski definition) is 4. The Balaban J connectivity index is 1.23. The molecule has 0 bridgehead atoms. The van der Waals surface area contributed by atoms with Crippen molar-refractivity contribution in [3.05, 3.63) is 81.2 Å². The normalized spacial score (nSPS) is 15.5. The first-order valence-electron chi connectivity index (χ1n) is 12.5. The zero-order valence-electron chi connectivity index (χ0n) is 21.5. The van der Waals surface area contributed by atoms with Crippen LogP contribution in [0.3, 0.4) is 0 Å². The number of rotatable bonds is 4. The molecule has 4 heteroatoms. The van der Waals surface area contributed by atoms with Crippen LogP contribution in [0.15, 0.2) is 36.4 Å². The minimum Gasteiger partial charge on any atom is -0.295 e. The zero-order chi connectivity index (χ0) is 24.0. The topological polar surface area (TPSA) is 32.3 Å². The minimum absolute atomic E-state index is 0.919. The summed E-state index contributed by atoms with van der Waals surface area (Å²) in [6, 6.07) is 13.4. The molecule has 0 unspecified atom stereocenters. The number of aromatic nitrogens is 2. The third kappa shape index (κ3) is 4.33. The van der Waals surface area contributed by atoms with Crippen LogP contribution >= 0.6 is 0 Å². The van der Waals surface area contributed by atoms with E-state index in [0.717, 1.165) is 50.3 Å². The van der Waals surface area contributed by atoms with Gasteiger partial charge in [0, 0.05) is 50.0 Å². The Kier molecular flexibility index (Phi) is 6.13. The lowest BCUT2D eigenvalue weighted by atomic mass is 9.99. The van der Waals surface area contributed by atoms with Gasteiger partial charge in [-0.15, -0.1) is 0 Å². The first kappa shape index (κ1) is 22.9. The van der Waals surface area contributed by atoms with Gasteiger partial charge < -0.3 is 0 Å². The molecule has 3 heterocycles. The van der Waals surface area contributed by atoms with Crippen molar-refractivity contribution >= 4 is 21.8 Å². The monoisotopic (exact) mass is 452 g/mol. The fraction of sp³-hybridized carbons (Fsp3) is 0.400. The van der Waals surface area contributed by atoms with Crippen LogP contribution in [-0.4, -0.2) is 45.9 Å². The third-order valence-corrected chi connectivity index (χ3v) is 8.02. The maximum atomic E-state index is 5.00. The van der Waals surface area contributed by atoms with Gasteiger partial charge >= 0.3 is 0 Å². The van der Waals surface area contributed by atoms with Crippen LogP contribution in [0.25, 0.3) is 21.8 Å². The summed E-state index contributed by atoms with van der Waals surface area (Å²) in [5.41, 5.74) is 12.7. The van der Waals surface area contributed by atoms with Gasteiger partial charge in [0.1, 0.15) is 0 Å². The van der Waals surface area contributed by atoms with E-state index in [0.29, 0.717) is 0 Å². The molecule has 4 aromatic rings. The first-order chi connectivity index (χ1) is 16.3. The Morgan fingerprint density at radius 3 is 1.32 bits per heavy atom. The summed E-state index contributed by atoms with van der Waals surface area (Å²) in [4.78, 5) is 15.1. The molecule has 0 N–H and O–H groups in total. The lowest BCUT2D eigenvalue weighted by Crippen LogP contribution is -2.45. The van der Waals surface area contributed by atoms with E-state index in [1.165, 1.54) is 55.5 Å². The number of piperazine rings is 1. The number of benzene rings is 2. The Labute approximate surface area is 203 Å². The quantitative estimate of drug-likeness (QED) is 0.383. The van der Waals surface area contributed by atoms with E-state index >= 15 is 0 Å². The summed E-state index contributed by atoms with van der Waals surface area (Å²) in [5.74, 6) is 0. The smallest absolute Gasteiger partial charge is 0.0711 e. The van der Waals surface area contributed by atoms with Crippen LogP contribution in [0.1, 0.15) is 44.8 Å². The highest BCUT2D eigenvalue weighted by molar-refractivity contribution is 5.85. The van der Waals surface area contributed by atoms with Gasteiger partial charge in [0.2, 0.25) is 0 Å². The van der Waals surface area contributed by atoms with Crippen molar-refractivity contribution in [1.82, 2.24) is 19.8 Å². The highest BCUT2D eigenvalue weighted by atomic mass is 15.3. The second kappa shape index (κ2) is 9.09. The molecule has 1 saturated heterocycles. The maximum absolute atomic E-state index is 5.00. The van der Waals surface area contributed by atoms with Crippen LogP contribution in [-0.2, 0) is 13.1 Å². The van der Waals surface area contributed by atoms with E-state index in [2.05, 4.69) is 87.7 Å². The van der Waals surface area contributed by atoms with Gasteiger partial charge in [-0.1, -0.05) is 12.1 Å². The van der Waals surface area contributed by atoms with Crippen molar-refractivity contribution in [2.75, 3.05) is 26.2 Å². The highest BCUT2D eigenvalue weighted by Gasteiger charge is 2.19. The molecular weight excluding hydrogens is 416 g/mol. The fourth-order valence-corrected chi connectivity index (χ4v) is 5.25. The van der Waals surface area contributed by atoms with Crippen LogP contribution < -0.4 is 0 Å². The van der Waals surface area contributed by atoms with E-state index < -0.39 is 0 Å². The summed E-state index contributed by atoms with van der Waals surface area (Å²) in [6.07, 6.45) is 0. The van der Waals surface area contributed by atoms with E-state index in [9.17, 15) is 0 Å². The van der Waals surface area contributed by atoms with Crippen molar-refractivity contribution in [3.63, 3.8) is 0 Å². The molecule has 34 heavy (non-hydrogen) atoms. The molecular formula is C30H36N4. The molecule has 4 nitrogen and oxygen atoms in total. The van der Waals surface area contributed by atoms with Crippen molar-refractivity contribution in [2.45, 2.75) is 54.6 Å². The van der Waals surface area contributed by atoms with Gasteiger partial charge in [-0.3, -0.25) is 19.8 Å². The van der Waals surface area contributed by atoms with Gasteiger partial charge in [-0.25, -0.2) is 0 Å². The molecule has 0 amide bonds. The molecule has 0 saturated carbocycles. The lowest BCUT2D eigenvalue weighted by Gasteiger charge is -2.34. The molecule has 2 aromatic carbocycles. The zero-order valence-corrected chi connectivity index (χ0v) is 21.5.